The third-order valence-electron chi connectivity index (χ3n) is 2.87. The highest BCUT2D eigenvalue weighted by Crippen LogP contribution is 2.28. The number of primary amides is 1. The fourth-order valence-corrected chi connectivity index (χ4v) is 2.42. The summed E-state index contributed by atoms with van der Waals surface area (Å²) in [5.74, 6) is -0.435. The molecule has 0 saturated heterocycles. The molecule has 0 radical (unpaired) electrons. The molecule has 100 valence electrons. The molecule has 1 aromatic carbocycles. The average molecular weight is 314 g/mol. The van der Waals surface area contributed by atoms with Gasteiger partial charge in [-0.2, -0.15) is 0 Å². The molecule has 0 aliphatic carbocycles. The maximum absolute atomic E-state index is 11.5. The summed E-state index contributed by atoms with van der Waals surface area (Å²) in [6, 6.07) is 5.58. The SMILES string of the molecule is CN(CC(C)(C)CN)c1cccc(Br)c1C(N)=O. The third-order valence-corrected chi connectivity index (χ3v) is 3.53. The maximum Gasteiger partial charge on any atom is 0.251 e. The molecule has 1 aromatic rings. The van der Waals surface area contributed by atoms with Gasteiger partial charge in [0.2, 0.25) is 0 Å². The van der Waals surface area contributed by atoms with E-state index in [4.69, 9.17) is 11.5 Å². The van der Waals surface area contributed by atoms with Crippen molar-refractivity contribution in [3.63, 3.8) is 0 Å². The molecular weight excluding hydrogens is 294 g/mol. The second-order valence-electron chi connectivity index (χ2n) is 5.22. The van der Waals surface area contributed by atoms with E-state index in [1.54, 1.807) is 0 Å². The molecule has 0 heterocycles. The fourth-order valence-electron chi connectivity index (χ4n) is 1.87. The Morgan fingerprint density at radius 1 is 1.44 bits per heavy atom. The molecule has 0 spiro atoms. The van der Waals surface area contributed by atoms with Crippen LogP contribution in [0.5, 0.6) is 0 Å². The lowest BCUT2D eigenvalue weighted by atomic mass is 9.93. The van der Waals surface area contributed by atoms with E-state index in [2.05, 4.69) is 29.8 Å². The van der Waals surface area contributed by atoms with Gasteiger partial charge in [-0.25, -0.2) is 0 Å². The van der Waals surface area contributed by atoms with E-state index in [0.717, 1.165) is 12.2 Å². The van der Waals surface area contributed by atoms with Gasteiger partial charge in [0.1, 0.15) is 0 Å². The molecule has 0 aliphatic rings. The van der Waals surface area contributed by atoms with Crippen LogP contribution in [0.3, 0.4) is 0 Å². The maximum atomic E-state index is 11.5. The quantitative estimate of drug-likeness (QED) is 0.873. The minimum atomic E-state index is -0.435. The summed E-state index contributed by atoms with van der Waals surface area (Å²) >= 11 is 3.36. The summed E-state index contributed by atoms with van der Waals surface area (Å²) in [5, 5.41) is 0. The van der Waals surface area contributed by atoms with Crippen LogP contribution >= 0.6 is 15.9 Å². The number of nitrogens with two attached hydrogens (primary N) is 2. The fraction of sp³-hybridized carbons (Fsp3) is 0.462. The van der Waals surface area contributed by atoms with Gasteiger partial charge in [0, 0.05) is 18.1 Å². The number of carbonyl (C=O) groups is 1. The molecule has 5 heteroatoms. The first-order valence-electron chi connectivity index (χ1n) is 5.78. The van der Waals surface area contributed by atoms with Crippen LogP contribution in [0.1, 0.15) is 24.2 Å². The van der Waals surface area contributed by atoms with Crippen LogP contribution in [0.2, 0.25) is 0 Å². The molecule has 4 nitrogen and oxygen atoms in total. The molecule has 0 unspecified atom stereocenters. The first-order valence-corrected chi connectivity index (χ1v) is 6.57. The third kappa shape index (κ3) is 3.46. The van der Waals surface area contributed by atoms with E-state index < -0.39 is 5.91 Å². The second-order valence-corrected chi connectivity index (χ2v) is 6.08. The van der Waals surface area contributed by atoms with Crippen molar-refractivity contribution in [1.82, 2.24) is 0 Å². The lowest BCUT2D eigenvalue weighted by Crippen LogP contribution is -2.37. The van der Waals surface area contributed by atoms with E-state index in [-0.39, 0.29) is 5.41 Å². The molecule has 0 aliphatic heterocycles. The van der Waals surface area contributed by atoms with Gasteiger partial charge in [-0.15, -0.1) is 0 Å². The zero-order valence-corrected chi connectivity index (χ0v) is 12.6. The molecule has 18 heavy (non-hydrogen) atoms. The Kier molecular flexibility index (Phi) is 4.76. The van der Waals surface area contributed by atoms with Crippen molar-refractivity contribution in [3.05, 3.63) is 28.2 Å². The number of hydrogen-bond acceptors (Lipinski definition) is 3. The number of benzene rings is 1. The Hall–Kier alpha value is -1.07. The summed E-state index contributed by atoms with van der Waals surface area (Å²) in [6.45, 7) is 5.51. The molecule has 0 bridgehead atoms. The van der Waals surface area contributed by atoms with Crippen LogP contribution in [0.4, 0.5) is 5.69 Å². The normalized spacial score (nSPS) is 11.4. The summed E-state index contributed by atoms with van der Waals surface area (Å²) < 4.78 is 0.713. The Balaban J connectivity index is 3.10. The molecule has 0 saturated carbocycles. The van der Waals surface area contributed by atoms with Crippen LogP contribution in [0, 0.1) is 5.41 Å². The van der Waals surface area contributed by atoms with Gasteiger partial charge in [-0.3, -0.25) is 4.79 Å². The van der Waals surface area contributed by atoms with E-state index in [1.807, 2.05) is 30.1 Å². The van der Waals surface area contributed by atoms with Gasteiger partial charge in [-0.1, -0.05) is 19.9 Å². The minimum Gasteiger partial charge on any atom is -0.373 e. The molecule has 1 rings (SSSR count). The minimum absolute atomic E-state index is 0.0218. The standard InChI is InChI=1S/C13H20BrN3O/c1-13(2,7-15)8-17(3)10-6-4-5-9(14)11(10)12(16)18/h4-6H,7-8,15H2,1-3H3,(H2,16,18). The van der Waals surface area contributed by atoms with Crippen molar-refractivity contribution in [3.8, 4) is 0 Å². The molecule has 1 amide bonds. The van der Waals surface area contributed by atoms with Crippen LogP contribution in [-0.4, -0.2) is 26.0 Å². The number of nitrogens with zero attached hydrogens (tertiary/aromatic N) is 1. The molecular formula is C13H20BrN3O. The Bertz CT molecular complexity index is 446. The van der Waals surface area contributed by atoms with Crippen molar-refractivity contribution >= 4 is 27.5 Å². The molecule has 0 atom stereocenters. The van der Waals surface area contributed by atoms with Gasteiger partial charge in [-0.05, 0) is 40.0 Å². The summed E-state index contributed by atoms with van der Waals surface area (Å²) in [4.78, 5) is 13.5. The highest BCUT2D eigenvalue weighted by atomic mass is 79.9. The van der Waals surface area contributed by atoms with Crippen molar-refractivity contribution in [2.45, 2.75) is 13.8 Å². The molecule has 0 fully saturated rings. The van der Waals surface area contributed by atoms with Gasteiger partial charge >= 0.3 is 0 Å². The Labute approximate surface area is 116 Å². The average Bonchev–Trinajstić information content (AvgIpc) is 2.27. The number of carbonyl (C=O) groups excluding carboxylic acids is 1. The number of hydrogen-bond donors (Lipinski definition) is 2. The lowest BCUT2D eigenvalue weighted by Gasteiger charge is -2.31. The van der Waals surface area contributed by atoms with Crippen molar-refractivity contribution in [1.29, 1.82) is 0 Å². The predicted octanol–water partition coefficient (Wildman–Crippen LogP) is 1.97. The Morgan fingerprint density at radius 2 is 2.06 bits per heavy atom. The first kappa shape index (κ1) is 15.0. The monoisotopic (exact) mass is 313 g/mol. The predicted molar refractivity (Wildman–Crippen MR) is 78.8 cm³/mol. The number of anilines is 1. The van der Waals surface area contributed by atoms with Crippen LogP contribution in [-0.2, 0) is 0 Å². The smallest absolute Gasteiger partial charge is 0.251 e. The van der Waals surface area contributed by atoms with Gasteiger partial charge in [0.25, 0.3) is 5.91 Å². The molecule has 0 aromatic heterocycles. The highest BCUT2D eigenvalue weighted by molar-refractivity contribution is 9.10. The van der Waals surface area contributed by atoms with Crippen LogP contribution in [0.15, 0.2) is 22.7 Å². The Morgan fingerprint density at radius 3 is 2.56 bits per heavy atom. The van der Waals surface area contributed by atoms with E-state index in [9.17, 15) is 4.79 Å². The van der Waals surface area contributed by atoms with E-state index in [0.29, 0.717) is 16.6 Å². The van der Waals surface area contributed by atoms with Gasteiger partial charge in [0.15, 0.2) is 0 Å². The van der Waals surface area contributed by atoms with E-state index >= 15 is 0 Å². The topological polar surface area (TPSA) is 72.3 Å². The summed E-state index contributed by atoms with van der Waals surface area (Å²) in [5.41, 5.74) is 12.5. The number of amides is 1. The zero-order chi connectivity index (χ0) is 13.9. The lowest BCUT2D eigenvalue weighted by molar-refractivity contribution is 0.1000. The van der Waals surface area contributed by atoms with Crippen LogP contribution in [0.25, 0.3) is 0 Å². The van der Waals surface area contributed by atoms with Crippen molar-refractivity contribution < 1.29 is 4.79 Å². The van der Waals surface area contributed by atoms with Gasteiger partial charge in [0.05, 0.1) is 11.3 Å². The summed E-state index contributed by atoms with van der Waals surface area (Å²) in [7, 11) is 1.94. The highest BCUT2D eigenvalue weighted by Gasteiger charge is 2.21. The zero-order valence-electron chi connectivity index (χ0n) is 11.0. The van der Waals surface area contributed by atoms with Gasteiger partial charge < -0.3 is 16.4 Å². The first-order chi connectivity index (χ1) is 8.28. The van der Waals surface area contributed by atoms with E-state index in [1.165, 1.54) is 0 Å². The summed E-state index contributed by atoms with van der Waals surface area (Å²) in [6.07, 6.45) is 0. The van der Waals surface area contributed by atoms with Crippen LogP contribution < -0.4 is 16.4 Å². The number of halogens is 1. The number of rotatable bonds is 5. The van der Waals surface area contributed by atoms with Crippen molar-refractivity contribution in [2.24, 2.45) is 16.9 Å². The second kappa shape index (κ2) is 5.71. The molecule has 4 N–H and O–H groups in total. The largest absolute Gasteiger partial charge is 0.373 e. The van der Waals surface area contributed by atoms with Crippen molar-refractivity contribution in [2.75, 3.05) is 25.0 Å².